The van der Waals surface area contributed by atoms with E-state index in [0.29, 0.717) is 6.42 Å². The Morgan fingerprint density at radius 1 is 0.783 bits per heavy atom. The fourth-order valence-electron chi connectivity index (χ4n) is 2.78. The second kappa shape index (κ2) is 22.2. The van der Waals surface area contributed by atoms with Crippen molar-refractivity contribution in [1.29, 1.82) is 5.26 Å². The predicted molar refractivity (Wildman–Crippen MR) is 101 cm³/mol. The summed E-state index contributed by atoms with van der Waals surface area (Å²) in [6.07, 6.45) is 22.1. The first-order valence-corrected chi connectivity index (χ1v) is 9.49. The molecule has 0 aliphatic rings. The van der Waals surface area contributed by atoms with E-state index in [2.05, 4.69) is 12.2 Å². The number of hydrogen-bond acceptors (Lipinski definition) is 2. The molecule has 0 unspecified atom stereocenters. The predicted octanol–water partition coefficient (Wildman–Crippen LogP) is 5.69. The summed E-state index contributed by atoms with van der Waals surface area (Å²) in [7, 11) is 0. The van der Waals surface area contributed by atoms with Crippen molar-refractivity contribution in [2.75, 3.05) is 0 Å². The number of hydrogen-bond donors (Lipinski definition) is 1. The van der Waals surface area contributed by atoms with E-state index < -0.39 is 0 Å². The van der Waals surface area contributed by atoms with Crippen LogP contribution in [-0.2, 0) is 4.79 Å². The van der Waals surface area contributed by atoms with Gasteiger partial charge in [0.25, 0.3) is 0 Å². The molecule has 0 saturated carbocycles. The van der Waals surface area contributed by atoms with Gasteiger partial charge in [0.1, 0.15) is 0 Å². The van der Waals surface area contributed by atoms with E-state index in [4.69, 9.17) is 5.26 Å². The van der Waals surface area contributed by atoms with Gasteiger partial charge < -0.3 is 2.85 Å². The summed E-state index contributed by atoms with van der Waals surface area (Å²) in [4.78, 5) is 11.0. The van der Waals surface area contributed by atoms with Crippen LogP contribution >= 0.6 is 0 Å². The van der Waals surface area contributed by atoms with Crippen LogP contribution in [0.3, 0.4) is 0 Å². The molecule has 0 radical (unpaired) electrons. The van der Waals surface area contributed by atoms with Crippen molar-refractivity contribution < 1.29 is 7.65 Å². The number of nitrogens with zero attached hydrogens (tertiary/aromatic N) is 1. The van der Waals surface area contributed by atoms with E-state index in [1.165, 1.54) is 83.5 Å². The second-order valence-electron chi connectivity index (χ2n) is 6.36. The largest absolute Gasteiger partial charge is 2.00 e. The molecule has 1 amide bonds. The van der Waals surface area contributed by atoms with E-state index in [-0.39, 0.29) is 46.5 Å². The molecule has 0 atom stereocenters. The second-order valence-corrected chi connectivity index (χ2v) is 6.36. The van der Waals surface area contributed by atoms with Crippen LogP contribution in [-0.4, -0.2) is 43.6 Å². The van der Waals surface area contributed by atoms with Crippen LogP contribution in [0.4, 0.5) is 0 Å². The topological polar surface area (TPSA) is 52.9 Å². The van der Waals surface area contributed by atoms with Crippen molar-refractivity contribution >= 4 is 43.6 Å². The molecule has 3 nitrogen and oxygen atoms in total. The fourth-order valence-corrected chi connectivity index (χ4v) is 2.78. The van der Waals surface area contributed by atoms with Crippen LogP contribution < -0.4 is 5.32 Å². The molecule has 0 aromatic rings. The zero-order chi connectivity index (χ0) is 16.3. The van der Waals surface area contributed by atoms with E-state index in [1.54, 1.807) is 6.19 Å². The molecular weight excluding hydrogens is 312 g/mol. The number of rotatable bonds is 16. The van der Waals surface area contributed by atoms with Crippen molar-refractivity contribution in [2.24, 2.45) is 0 Å². The van der Waals surface area contributed by atoms with E-state index >= 15 is 0 Å². The van der Waals surface area contributed by atoms with Gasteiger partial charge in [0.2, 0.25) is 5.91 Å². The van der Waals surface area contributed by atoms with Crippen molar-refractivity contribution in [3.63, 3.8) is 0 Å². The number of carbonyl (C=O) groups excluding carboxylic acids is 1. The Labute approximate surface area is 176 Å². The summed E-state index contributed by atoms with van der Waals surface area (Å²) in [6.45, 7) is 2.27. The van der Waals surface area contributed by atoms with Gasteiger partial charge >= 0.3 is 37.7 Å². The van der Waals surface area contributed by atoms with Crippen molar-refractivity contribution in [2.45, 2.75) is 110 Å². The van der Waals surface area contributed by atoms with Gasteiger partial charge in [-0.05, 0) is 6.42 Å². The van der Waals surface area contributed by atoms with Gasteiger partial charge in [-0.2, -0.15) is 5.26 Å². The molecule has 1 N–H and O–H groups in total. The zero-order valence-corrected chi connectivity index (χ0v) is 17.6. The van der Waals surface area contributed by atoms with Gasteiger partial charge in [0.05, 0.1) is 0 Å². The maximum atomic E-state index is 11.0. The maximum Gasteiger partial charge on any atom is 2.00 e. The molecule has 0 rings (SSSR count). The Kier molecular flexibility index (Phi) is 24.6. The SMILES string of the molecule is CCCCCCCCCCCCCCCCCC(=O)NC#N.[Ca+2].[H-].[H-]. The van der Waals surface area contributed by atoms with Crippen LogP contribution in [0.15, 0.2) is 0 Å². The standard InChI is InChI=1S/C19H36N2O.Ca.2H/c1-2-3-4-5-6-7-8-9-10-11-12-13-14-15-16-17-19(22)21-18-20;;;/h2-17H2,1H3,(H,21,22);;;/q;+2;2*-1. The first kappa shape index (κ1) is 25.5. The summed E-state index contributed by atoms with van der Waals surface area (Å²) < 4.78 is 0. The molecule has 0 bridgehead atoms. The van der Waals surface area contributed by atoms with Gasteiger partial charge in [0, 0.05) is 6.42 Å². The molecule has 4 heteroatoms. The monoisotopic (exact) mass is 350 g/mol. The van der Waals surface area contributed by atoms with E-state index in [9.17, 15) is 4.79 Å². The normalized spacial score (nSPS) is 9.91. The molecule has 132 valence electrons. The van der Waals surface area contributed by atoms with Crippen LogP contribution in [0.1, 0.15) is 113 Å². The molecule has 0 aromatic carbocycles. The summed E-state index contributed by atoms with van der Waals surface area (Å²) in [5.41, 5.74) is 0. The Morgan fingerprint density at radius 3 is 1.48 bits per heavy atom. The summed E-state index contributed by atoms with van der Waals surface area (Å²) >= 11 is 0. The fraction of sp³-hybridized carbons (Fsp3) is 0.895. The average Bonchev–Trinajstić information content (AvgIpc) is 2.51. The van der Waals surface area contributed by atoms with Crippen LogP contribution in [0.5, 0.6) is 0 Å². The number of nitrogens with one attached hydrogen (secondary N) is 1. The smallest absolute Gasteiger partial charge is 1.00 e. The van der Waals surface area contributed by atoms with Crippen molar-refractivity contribution in [3.05, 3.63) is 0 Å². The molecule has 0 saturated heterocycles. The van der Waals surface area contributed by atoms with Crippen LogP contribution in [0.25, 0.3) is 0 Å². The third-order valence-corrected chi connectivity index (χ3v) is 4.20. The summed E-state index contributed by atoms with van der Waals surface area (Å²) in [6, 6.07) is 0. The molecular formula is C19H38CaN2O. The minimum absolute atomic E-state index is 0. The maximum absolute atomic E-state index is 11.0. The minimum Gasteiger partial charge on any atom is -1.00 e. The first-order valence-electron chi connectivity index (χ1n) is 9.49. The van der Waals surface area contributed by atoms with Crippen LogP contribution in [0.2, 0.25) is 0 Å². The van der Waals surface area contributed by atoms with Crippen molar-refractivity contribution in [3.8, 4) is 6.19 Å². The van der Waals surface area contributed by atoms with Gasteiger partial charge in [-0.15, -0.1) is 0 Å². The van der Waals surface area contributed by atoms with E-state index in [0.717, 1.165) is 12.8 Å². The van der Waals surface area contributed by atoms with E-state index in [1.807, 2.05) is 0 Å². The Morgan fingerprint density at radius 2 is 1.13 bits per heavy atom. The zero-order valence-electron chi connectivity index (χ0n) is 17.4. The first-order chi connectivity index (χ1) is 10.8. The Bertz CT molecular complexity index is 300. The molecule has 0 aliphatic carbocycles. The van der Waals surface area contributed by atoms with Gasteiger partial charge in [-0.3, -0.25) is 10.1 Å². The summed E-state index contributed by atoms with van der Waals surface area (Å²) in [5, 5.41) is 10.4. The Balaban J connectivity index is -0.000000735. The van der Waals surface area contributed by atoms with Crippen molar-refractivity contribution in [1.82, 2.24) is 5.32 Å². The number of amides is 1. The average molecular weight is 351 g/mol. The third-order valence-electron chi connectivity index (χ3n) is 4.20. The molecule has 0 spiro atoms. The molecule has 0 heterocycles. The van der Waals surface area contributed by atoms with Gasteiger partial charge in [0.15, 0.2) is 6.19 Å². The number of unbranched alkanes of at least 4 members (excludes halogenated alkanes) is 14. The molecule has 23 heavy (non-hydrogen) atoms. The molecule has 0 aromatic heterocycles. The third kappa shape index (κ3) is 22.2. The number of nitriles is 1. The van der Waals surface area contributed by atoms with Gasteiger partial charge in [-0.25, -0.2) is 0 Å². The number of carbonyl (C=O) groups is 1. The quantitative estimate of drug-likeness (QED) is 0.168. The molecule has 0 aliphatic heterocycles. The van der Waals surface area contributed by atoms with Gasteiger partial charge in [-0.1, -0.05) is 96.8 Å². The Hall–Kier alpha value is 0.220. The van der Waals surface area contributed by atoms with Crippen LogP contribution in [0, 0.1) is 11.5 Å². The summed E-state index contributed by atoms with van der Waals surface area (Å²) in [5.74, 6) is -0.141. The molecule has 0 fully saturated rings. The minimum atomic E-state index is -0.141.